The number of ether oxygens (including phenoxy) is 1. The highest BCUT2D eigenvalue weighted by Crippen LogP contribution is 2.15. The molecule has 0 aromatic carbocycles. The van der Waals surface area contributed by atoms with E-state index in [4.69, 9.17) is 10.00 Å². The highest BCUT2D eigenvalue weighted by atomic mass is 16.5. The van der Waals surface area contributed by atoms with Gasteiger partial charge in [0, 0.05) is 19.3 Å². The lowest BCUT2D eigenvalue weighted by atomic mass is 10.2. The number of carbonyl (C=O) groups excluding carboxylic acids is 1. The molecule has 1 fully saturated rings. The van der Waals surface area contributed by atoms with Gasteiger partial charge in [-0.25, -0.2) is 9.97 Å². The molecule has 100 valence electrons. The van der Waals surface area contributed by atoms with Crippen LogP contribution in [0.25, 0.3) is 0 Å². The number of nitrogens with one attached hydrogen (secondary N) is 1. The van der Waals surface area contributed by atoms with Gasteiger partial charge >= 0.3 is 0 Å². The average molecular weight is 261 g/mol. The van der Waals surface area contributed by atoms with E-state index in [0.717, 1.165) is 0 Å². The number of hydrogen-bond acceptors (Lipinski definition) is 6. The number of amides is 1. The van der Waals surface area contributed by atoms with E-state index >= 15 is 0 Å². The van der Waals surface area contributed by atoms with Crippen LogP contribution in [-0.2, 0) is 9.53 Å². The Bertz CT molecular complexity index is 499. The van der Waals surface area contributed by atoms with Crippen molar-refractivity contribution in [3.05, 3.63) is 18.0 Å². The minimum atomic E-state index is -0.456. The fourth-order valence-electron chi connectivity index (χ4n) is 1.90. The highest BCUT2D eigenvalue weighted by molar-refractivity contribution is 5.85. The summed E-state index contributed by atoms with van der Waals surface area (Å²) < 4.78 is 5.33. The van der Waals surface area contributed by atoms with E-state index < -0.39 is 6.04 Å². The molecule has 1 aliphatic heterocycles. The van der Waals surface area contributed by atoms with E-state index in [1.54, 1.807) is 4.90 Å². The van der Waals surface area contributed by atoms with Crippen molar-refractivity contribution >= 4 is 11.9 Å². The summed E-state index contributed by atoms with van der Waals surface area (Å²) in [4.78, 5) is 22.0. The lowest BCUT2D eigenvalue weighted by molar-refractivity contribution is -0.124. The monoisotopic (exact) mass is 261 g/mol. The summed E-state index contributed by atoms with van der Waals surface area (Å²) >= 11 is 0. The molecular weight excluding hydrogens is 246 g/mol. The molecule has 2 heterocycles. The van der Waals surface area contributed by atoms with E-state index in [9.17, 15) is 4.79 Å². The van der Waals surface area contributed by atoms with Crippen molar-refractivity contribution in [3.63, 3.8) is 0 Å². The zero-order valence-electron chi connectivity index (χ0n) is 10.7. The molecule has 0 radical (unpaired) electrons. The van der Waals surface area contributed by atoms with Crippen LogP contribution in [0.5, 0.6) is 0 Å². The van der Waals surface area contributed by atoms with Crippen molar-refractivity contribution in [1.29, 1.82) is 5.26 Å². The van der Waals surface area contributed by atoms with Crippen LogP contribution in [-0.4, -0.2) is 48.2 Å². The largest absolute Gasteiger partial charge is 0.377 e. The van der Waals surface area contributed by atoms with E-state index in [1.807, 2.05) is 13.0 Å². The molecule has 0 bridgehead atoms. The predicted octanol–water partition coefficient (Wildman–Crippen LogP) is -0.310. The van der Waals surface area contributed by atoms with Gasteiger partial charge < -0.3 is 15.0 Å². The lowest BCUT2D eigenvalue weighted by Gasteiger charge is -2.34. The molecule has 2 rings (SSSR count). The predicted molar refractivity (Wildman–Crippen MR) is 67.4 cm³/mol. The SMILES string of the molecule is CCNC(=O)C1COCCN1c1nccc(C#N)n1. The third-order valence-corrected chi connectivity index (χ3v) is 2.80. The molecule has 1 unspecified atom stereocenters. The van der Waals surface area contributed by atoms with Gasteiger partial charge in [-0.15, -0.1) is 0 Å². The molecule has 7 heteroatoms. The van der Waals surface area contributed by atoms with Gasteiger partial charge in [0.25, 0.3) is 0 Å². The highest BCUT2D eigenvalue weighted by Gasteiger charge is 2.30. The summed E-state index contributed by atoms with van der Waals surface area (Å²) in [5.41, 5.74) is 0.283. The maximum absolute atomic E-state index is 12.0. The van der Waals surface area contributed by atoms with Crippen LogP contribution in [0.15, 0.2) is 12.3 Å². The second-order valence-electron chi connectivity index (χ2n) is 4.03. The lowest BCUT2D eigenvalue weighted by Crippen LogP contribution is -2.54. The van der Waals surface area contributed by atoms with Crippen LogP contribution in [0.4, 0.5) is 5.95 Å². The van der Waals surface area contributed by atoms with Crippen molar-refractivity contribution in [1.82, 2.24) is 15.3 Å². The Morgan fingerprint density at radius 1 is 1.74 bits per heavy atom. The Morgan fingerprint density at radius 3 is 3.32 bits per heavy atom. The van der Waals surface area contributed by atoms with Crippen molar-refractivity contribution in [2.45, 2.75) is 13.0 Å². The molecule has 1 aliphatic rings. The van der Waals surface area contributed by atoms with Crippen LogP contribution in [0.1, 0.15) is 12.6 Å². The number of nitrogens with zero attached hydrogens (tertiary/aromatic N) is 4. The molecule has 19 heavy (non-hydrogen) atoms. The molecule has 1 saturated heterocycles. The quantitative estimate of drug-likeness (QED) is 0.802. The molecule has 0 spiro atoms. The van der Waals surface area contributed by atoms with Gasteiger partial charge in [0.2, 0.25) is 11.9 Å². The van der Waals surface area contributed by atoms with Gasteiger partial charge in [-0.05, 0) is 13.0 Å². The topological polar surface area (TPSA) is 91.1 Å². The Hall–Kier alpha value is -2.20. The first-order valence-corrected chi connectivity index (χ1v) is 6.11. The number of morpholine rings is 1. The molecular formula is C12H15N5O2. The van der Waals surface area contributed by atoms with Crippen LogP contribution >= 0.6 is 0 Å². The van der Waals surface area contributed by atoms with E-state index in [1.165, 1.54) is 12.3 Å². The second kappa shape index (κ2) is 6.11. The third kappa shape index (κ3) is 2.98. The van der Waals surface area contributed by atoms with Gasteiger partial charge in [-0.2, -0.15) is 5.26 Å². The number of likely N-dealkylation sites (N-methyl/N-ethyl adjacent to an activating group) is 1. The minimum Gasteiger partial charge on any atom is -0.377 e. The van der Waals surface area contributed by atoms with Gasteiger partial charge in [-0.1, -0.05) is 0 Å². The first-order valence-electron chi connectivity index (χ1n) is 6.11. The standard InChI is InChI=1S/C12H15N5O2/c1-2-14-11(18)10-8-19-6-5-17(10)12-15-4-3-9(7-13)16-12/h3-4,10H,2,5-6,8H2,1H3,(H,14,18). The summed E-state index contributed by atoms with van der Waals surface area (Å²) in [5, 5.41) is 11.6. The van der Waals surface area contributed by atoms with Gasteiger partial charge in [-0.3, -0.25) is 4.79 Å². The number of aromatic nitrogens is 2. The molecule has 1 N–H and O–H groups in total. The molecule has 1 amide bonds. The van der Waals surface area contributed by atoms with Gasteiger partial charge in [0.1, 0.15) is 17.8 Å². The first-order chi connectivity index (χ1) is 9.26. The Kier molecular flexibility index (Phi) is 4.26. The van der Waals surface area contributed by atoms with Crippen LogP contribution in [0.3, 0.4) is 0 Å². The zero-order chi connectivity index (χ0) is 13.7. The Balaban J connectivity index is 2.23. The van der Waals surface area contributed by atoms with Crippen LogP contribution in [0, 0.1) is 11.3 Å². The van der Waals surface area contributed by atoms with Crippen LogP contribution < -0.4 is 10.2 Å². The number of rotatable bonds is 3. The molecule has 0 aliphatic carbocycles. The fourth-order valence-corrected chi connectivity index (χ4v) is 1.90. The summed E-state index contributed by atoms with van der Waals surface area (Å²) in [7, 11) is 0. The third-order valence-electron chi connectivity index (χ3n) is 2.80. The molecule has 1 aromatic heterocycles. The van der Waals surface area contributed by atoms with Crippen molar-refractivity contribution in [2.75, 3.05) is 31.2 Å². The normalized spacial score (nSPS) is 18.7. The number of carbonyl (C=O) groups is 1. The second-order valence-corrected chi connectivity index (χ2v) is 4.03. The first kappa shape index (κ1) is 13.2. The maximum atomic E-state index is 12.0. The zero-order valence-corrected chi connectivity index (χ0v) is 10.7. The van der Waals surface area contributed by atoms with Crippen molar-refractivity contribution in [3.8, 4) is 6.07 Å². The van der Waals surface area contributed by atoms with E-state index in [0.29, 0.717) is 32.3 Å². The van der Waals surface area contributed by atoms with Crippen LogP contribution in [0.2, 0.25) is 0 Å². The van der Waals surface area contributed by atoms with E-state index in [2.05, 4.69) is 15.3 Å². The smallest absolute Gasteiger partial charge is 0.245 e. The van der Waals surface area contributed by atoms with Gasteiger partial charge in [0.15, 0.2) is 0 Å². The summed E-state index contributed by atoms with van der Waals surface area (Å²) in [6.07, 6.45) is 1.52. The number of hydrogen-bond donors (Lipinski definition) is 1. The van der Waals surface area contributed by atoms with E-state index in [-0.39, 0.29) is 11.6 Å². The Morgan fingerprint density at radius 2 is 2.58 bits per heavy atom. The van der Waals surface area contributed by atoms with Gasteiger partial charge in [0.05, 0.1) is 13.2 Å². The summed E-state index contributed by atoms with van der Waals surface area (Å²) in [6, 6.07) is 3.04. The Labute approximate surface area is 111 Å². The number of anilines is 1. The number of nitriles is 1. The molecule has 1 atom stereocenters. The average Bonchev–Trinajstić information content (AvgIpc) is 2.47. The van der Waals surface area contributed by atoms with Crippen molar-refractivity contribution in [2.24, 2.45) is 0 Å². The minimum absolute atomic E-state index is 0.117. The molecule has 7 nitrogen and oxygen atoms in total. The van der Waals surface area contributed by atoms with Crippen molar-refractivity contribution < 1.29 is 9.53 Å². The maximum Gasteiger partial charge on any atom is 0.245 e. The molecule has 0 saturated carbocycles. The fraction of sp³-hybridized carbons (Fsp3) is 0.500. The summed E-state index contributed by atoms with van der Waals surface area (Å²) in [5.74, 6) is 0.270. The molecule has 1 aromatic rings. The summed E-state index contributed by atoms with van der Waals surface area (Å²) in [6.45, 7) is 3.75.